The van der Waals surface area contributed by atoms with Gasteiger partial charge in [-0.1, -0.05) is 0 Å². The van der Waals surface area contributed by atoms with Crippen LogP contribution in [0.4, 0.5) is 4.39 Å². The summed E-state index contributed by atoms with van der Waals surface area (Å²) in [6, 6.07) is 4.29. The van der Waals surface area contributed by atoms with Gasteiger partial charge in [0.25, 0.3) is 5.91 Å². The molecule has 0 aromatic heterocycles. The van der Waals surface area contributed by atoms with Crippen LogP contribution in [-0.4, -0.2) is 30.4 Å². The van der Waals surface area contributed by atoms with Crippen molar-refractivity contribution in [2.24, 2.45) is 11.7 Å². The molecule has 3 nitrogen and oxygen atoms in total. The van der Waals surface area contributed by atoms with Crippen molar-refractivity contribution in [2.75, 3.05) is 19.6 Å². The lowest BCUT2D eigenvalue weighted by Gasteiger charge is -2.31. The van der Waals surface area contributed by atoms with Crippen LogP contribution < -0.4 is 5.73 Å². The first-order valence-corrected chi connectivity index (χ1v) is 7.14. The van der Waals surface area contributed by atoms with E-state index in [2.05, 4.69) is 0 Å². The van der Waals surface area contributed by atoms with Crippen LogP contribution >= 0.6 is 22.6 Å². The molecule has 0 bridgehead atoms. The number of carbonyl (C=O) groups excluding carboxylic acids is 1. The number of nitrogens with zero attached hydrogens (tertiary/aromatic N) is 1. The standard InChI is InChI=1S/C13H16FIN2O/c14-10-1-2-11(12(15)7-10)13(18)17-5-3-9(8-16)4-6-17/h1-2,7,9H,3-6,8,16H2. The quantitative estimate of drug-likeness (QED) is 0.821. The van der Waals surface area contributed by atoms with Crippen LogP contribution in [0.2, 0.25) is 0 Å². The van der Waals surface area contributed by atoms with Gasteiger partial charge in [-0.2, -0.15) is 0 Å². The maximum atomic E-state index is 13.0. The number of amides is 1. The minimum absolute atomic E-state index is 0.00475. The van der Waals surface area contributed by atoms with Crippen molar-refractivity contribution in [2.45, 2.75) is 12.8 Å². The van der Waals surface area contributed by atoms with Crippen LogP contribution in [0.1, 0.15) is 23.2 Å². The lowest BCUT2D eigenvalue weighted by Crippen LogP contribution is -2.40. The summed E-state index contributed by atoms with van der Waals surface area (Å²) >= 11 is 2.00. The van der Waals surface area contributed by atoms with Gasteiger partial charge >= 0.3 is 0 Å². The molecule has 0 atom stereocenters. The molecule has 1 aliphatic heterocycles. The molecule has 0 saturated carbocycles. The zero-order chi connectivity index (χ0) is 13.1. The SMILES string of the molecule is NCC1CCN(C(=O)c2ccc(F)cc2I)CC1. The fourth-order valence-electron chi connectivity index (χ4n) is 2.21. The molecule has 0 unspecified atom stereocenters. The highest BCUT2D eigenvalue weighted by atomic mass is 127. The number of benzene rings is 1. The summed E-state index contributed by atoms with van der Waals surface area (Å²) in [7, 11) is 0. The Morgan fingerprint density at radius 3 is 2.67 bits per heavy atom. The Hall–Kier alpha value is -0.690. The minimum Gasteiger partial charge on any atom is -0.339 e. The van der Waals surface area contributed by atoms with Gasteiger partial charge in [-0.25, -0.2) is 4.39 Å². The molecule has 2 N–H and O–H groups in total. The van der Waals surface area contributed by atoms with Gasteiger partial charge in [-0.3, -0.25) is 4.79 Å². The van der Waals surface area contributed by atoms with Crippen LogP contribution in [0.25, 0.3) is 0 Å². The summed E-state index contributed by atoms with van der Waals surface area (Å²) in [5.74, 6) is 0.217. The van der Waals surface area contributed by atoms with Crippen molar-refractivity contribution in [1.82, 2.24) is 4.90 Å². The van der Waals surface area contributed by atoms with Gasteiger partial charge in [-0.05, 0) is 66.1 Å². The van der Waals surface area contributed by atoms with Gasteiger partial charge in [0.05, 0.1) is 5.56 Å². The lowest BCUT2D eigenvalue weighted by atomic mass is 9.96. The highest BCUT2D eigenvalue weighted by molar-refractivity contribution is 14.1. The summed E-state index contributed by atoms with van der Waals surface area (Å²) in [6.45, 7) is 2.18. The van der Waals surface area contributed by atoms with Crippen molar-refractivity contribution >= 4 is 28.5 Å². The van der Waals surface area contributed by atoms with E-state index in [0.29, 0.717) is 21.6 Å². The molecule has 1 aromatic rings. The lowest BCUT2D eigenvalue weighted by molar-refractivity contribution is 0.0692. The van der Waals surface area contributed by atoms with Crippen molar-refractivity contribution in [3.63, 3.8) is 0 Å². The topological polar surface area (TPSA) is 46.3 Å². The molecule has 2 rings (SSSR count). The zero-order valence-corrected chi connectivity index (χ0v) is 12.2. The number of piperidine rings is 1. The number of nitrogens with two attached hydrogens (primary N) is 1. The Bertz CT molecular complexity index is 445. The predicted octanol–water partition coefficient (Wildman–Crippen LogP) is 2.24. The third-order valence-corrected chi connectivity index (χ3v) is 4.29. The maximum Gasteiger partial charge on any atom is 0.254 e. The molecule has 5 heteroatoms. The second-order valence-corrected chi connectivity index (χ2v) is 5.76. The molecular formula is C13H16FIN2O. The van der Waals surface area contributed by atoms with Crippen LogP contribution in [-0.2, 0) is 0 Å². The number of halogens is 2. The normalized spacial score (nSPS) is 16.9. The van der Waals surface area contributed by atoms with E-state index in [-0.39, 0.29) is 11.7 Å². The van der Waals surface area contributed by atoms with Crippen molar-refractivity contribution in [3.8, 4) is 0 Å². The highest BCUT2D eigenvalue weighted by Crippen LogP contribution is 2.21. The Kier molecular flexibility index (Phi) is 4.55. The van der Waals surface area contributed by atoms with Crippen LogP contribution in [0, 0.1) is 15.3 Å². The zero-order valence-electron chi connectivity index (χ0n) is 10.0. The molecule has 1 fully saturated rings. The van der Waals surface area contributed by atoms with Gasteiger partial charge in [-0.15, -0.1) is 0 Å². The van der Waals surface area contributed by atoms with E-state index in [1.54, 1.807) is 6.07 Å². The van der Waals surface area contributed by atoms with Crippen LogP contribution in [0.5, 0.6) is 0 Å². The van der Waals surface area contributed by atoms with E-state index in [4.69, 9.17) is 5.73 Å². The molecule has 1 aromatic carbocycles. The first-order valence-electron chi connectivity index (χ1n) is 6.06. The second kappa shape index (κ2) is 5.97. The highest BCUT2D eigenvalue weighted by Gasteiger charge is 2.24. The maximum absolute atomic E-state index is 13.0. The van der Waals surface area contributed by atoms with E-state index in [9.17, 15) is 9.18 Å². The van der Waals surface area contributed by atoms with Gasteiger partial charge in [0, 0.05) is 16.7 Å². The predicted molar refractivity (Wildman–Crippen MR) is 76.8 cm³/mol. The van der Waals surface area contributed by atoms with Crippen molar-refractivity contribution in [3.05, 3.63) is 33.1 Å². The smallest absolute Gasteiger partial charge is 0.254 e. The molecule has 18 heavy (non-hydrogen) atoms. The second-order valence-electron chi connectivity index (χ2n) is 4.60. The van der Waals surface area contributed by atoms with Crippen molar-refractivity contribution < 1.29 is 9.18 Å². The van der Waals surface area contributed by atoms with E-state index >= 15 is 0 Å². The number of hydrogen-bond donors (Lipinski definition) is 1. The Balaban J connectivity index is 2.08. The monoisotopic (exact) mass is 362 g/mol. The van der Waals surface area contributed by atoms with Gasteiger partial charge in [0.15, 0.2) is 0 Å². The first kappa shape index (κ1) is 13.7. The molecule has 1 amide bonds. The minimum atomic E-state index is -0.308. The summed E-state index contributed by atoms with van der Waals surface area (Å²) in [4.78, 5) is 14.1. The summed E-state index contributed by atoms with van der Waals surface area (Å²) in [5, 5.41) is 0. The molecular weight excluding hydrogens is 346 g/mol. The number of carbonyl (C=O) groups is 1. The molecule has 1 saturated heterocycles. The molecule has 0 spiro atoms. The number of likely N-dealkylation sites (tertiary alicyclic amines) is 1. The van der Waals surface area contributed by atoms with Crippen LogP contribution in [0.15, 0.2) is 18.2 Å². The van der Waals surface area contributed by atoms with Gasteiger partial charge in [0.1, 0.15) is 5.82 Å². The Morgan fingerprint density at radius 2 is 2.11 bits per heavy atom. The summed E-state index contributed by atoms with van der Waals surface area (Å²) in [5.41, 5.74) is 6.22. The fraction of sp³-hybridized carbons (Fsp3) is 0.462. The third kappa shape index (κ3) is 3.00. The third-order valence-electron chi connectivity index (χ3n) is 3.40. The Morgan fingerprint density at radius 1 is 1.44 bits per heavy atom. The van der Waals surface area contributed by atoms with Crippen molar-refractivity contribution in [1.29, 1.82) is 0 Å². The average Bonchev–Trinajstić information content (AvgIpc) is 2.38. The summed E-state index contributed by atoms with van der Waals surface area (Å²) in [6.07, 6.45) is 1.92. The molecule has 98 valence electrons. The first-order chi connectivity index (χ1) is 8.61. The van der Waals surface area contributed by atoms with E-state index < -0.39 is 0 Å². The van der Waals surface area contributed by atoms with E-state index in [1.165, 1.54) is 12.1 Å². The van der Waals surface area contributed by atoms with Gasteiger partial charge < -0.3 is 10.6 Å². The Labute approximate surface area is 120 Å². The van der Waals surface area contributed by atoms with E-state index in [1.807, 2.05) is 27.5 Å². The molecule has 0 radical (unpaired) electrons. The van der Waals surface area contributed by atoms with E-state index in [0.717, 1.165) is 25.9 Å². The van der Waals surface area contributed by atoms with Crippen LogP contribution in [0.3, 0.4) is 0 Å². The molecule has 0 aliphatic carbocycles. The van der Waals surface area contributed by atoms with Gasteiger partial charge in [0.2, 0.25) is 0 Å². The number of rotatable bonds is 2. The molecule has 1 aliphatic rings. The average molecular weight is 362 g/mol. The number of hydrogen-bond acceptors (Lipinski definition) is 2. The summed E-state index contributed by atoms with van der Waals surface area (Å²) < 4.78 is 13.7. The fourth-order valence-corrected chi connectivity index (χ4v) is 2.91. The largest absolute Gasteiger partial charge is 0.339 e. The molecule has 1 heterocycles.